The molecule has 130 valence electrons. The van der Waals surface area contributed by atoms with Crippen molar-refractivity contribution < 1.29 is 9.59 Å². The van der Waals surface area contributed by atoms with Gasteiger partial charge < -0.3 is 4.57 Å². The van der Waals surface area contributed by atoms with E-state index in [1.165, 1.54) is 0 Å². The summed E-state index contributed by atoms with van der Waals surface area (Å²) in [6.45, 7) is 0. The first-order valence-corrected chi connectivity index (χ1v) is 9.16. The van der Waals surface area contributed by atoms with E-state index in [1.54, 1.807) is 18.2 Å². The number of hydrogen-bond acceptors (Lipinski definition) is 4. The number of imide groups is 1. The van der Waals surface area contributed by atoms with Gasteiger partial charge in [0.25, 0.3) is 11.1 Å². The number of amides is 2. The molecular formula is C18H11Cl2N3O2S. The standard InChI is InChI=1S/C18H11Cl2N3O2S/c1-23-14-8-12(20)11(19)7-13(14)21-16(23)10-4-2-9(3-5-10)6-15-17(24)22-18(25)26-15/h2-8H,1H3,(H,22,24,25)/b15-6-. The van der Waals surface area contributed by atoms with Crippen LogP contribution in [0.25, 0.3) is 28.5 Å². The molecule has 1 aromatic heterocycles. The van der Waals surface area contributed by atoms with Crippen LogP contribution in [0.1, 0.15) is 5.56 Å². The molecule has 26 heavy (non-hydrogen) atoms. The van der Waals surface area contributed by atoms with Crippen molar-refractivity contribution in [3.63, 3.8) is 0 Å². The first-order valence-electron chi connectivity index (χ1n) is 7.59. The Balaban J connectivity index is 1.70. The van der Waals surface area contributed by atoms with Crippen LogP contribution in [0.4, 0.5) is 4.79 Å². The zero-order valence-corrected chi connectivity index (χ0v) is 15.7. The summed E-state index contributed by atoms with van der Waals surface area (Å²) in [5.41, 5.74) is 3.39. The lowest BCUT2D eigenvalue weighted by atomic mass is 10.1. The predicted molar refractivity (Wildman–Crippen MR) is 105 cm³/mol. The summed E-state index contributed by atoms with van der Waals surface area (Å²) in [7, 11) is 1.91. The van der Waals surface area contributed by atoms with Crippen LogP contribution < -0.4 is 5.32 Å². The first-order chi connectivity index (χ1) is 12.4. The number of rotatable bonds is 2. The Morgan fingerprint density at radius 1 is 1.12 bits per heavy atom. The van der Waals surface area contributed by atoms with Crippen LogP contribution in [-0.2, 0) is 11.8 Å². The summed E-state index contributed by atoms with van der Waals surface area (Å²) in [4.78, 5) is 27.9. The van der Waals surface area contributed by atoms with Gasteiger partial charge in [-0.15, -0.1) is 0 Å². The zero-order valence-electron chi connectivity index (χ0n) is 13.4. The van der Waals surface area contributed by atoms with Crippen LogP contribution in [0.3, 0.4) is 0 Å². The SMILES string of the molecule is Cn1c(-c2ccc(/C=C3\SC(=O)NC3=O)cc2)nc2cc(Cl)c(Cl)cc21. The van der Waals surface area contributed by atoms with E-state index in [-0.39, 0.29) is 11.1 Å². The van der Waals surface area contributed by atoms with E-state index in [4.69, 9.17) is 23.2 Å². The quantitative estimate of drug-likeness (QED) is 0.619. The summed E-state index contributed by atoms with van der Waals surface area (Å²) in [5, 5.41) is 2.84. The third-order valence-corrected chi connectivity index (χ3v) is 5.56. The molecule has 2 aromatic carbocycles. The maximum absolute atomic E-state index is 11.6. The topological polar surface area (TPSA) is 64.0 Å². The van der Waals surface area contributed by atoms with Gasteiger partial charge in [-0.25, -0.2) is 4.98 Å². The monoisotopic (exact) mass is 403 g/mol. The molecule has 0 radical (unpaired) electrons. The highest BCUT2D eigenvalue weighted by molar-refractivity contribution is 8.18. The van der Waals surface area contributed by atoms with E-state index in [0.29, 0.717) is 15.0 Å². The molecular weight excluding hydrogens is 393 g/mol. The fourth-order valence-electron chi connectivity index (χ4n) is 2.75. The average molecular weight is 404 g/mol. The van der Waals surface area contributed by atoms with Gasteiger partial charge in [0.15, 0.2) is 0 Å². The number of nitrogens with one attached hydrogen (secondary N) is 1. The lowest BCUT2D eigenvalue weighted by Crippen LogP contribution is -2.17. The Hall–Kier alpha value is -2.28. The second-order valence-electron chi connectivity index (χ2n) is 5.72. The van der Waals surface area contributed by atoms with Crippen LogP contribution in [0.15, 0.2) is 41.3 Å². The van der Waals surface area contributed by atoms with Gasteiger partial charge >= 0.3 is 0 Å². The lowest BCUT2D eigenvalue weighted by molar-refractivity contribution is -0.115. The summed E-state index contributed by atoms with van der Waals surface area (Å²) < 4.78 is 1.95. The molecule has 2 amide bonds. The highest BCUT2D eigenvalue weighted by Gasteiger charge is 2.24. The molecule has 0 saturated carbocycles. The third-order valence-electron chi connectivity index (χ3n) is 4.03. The van der Waals surface area contributed by atoms with E-state index in [9.17, 15) is 9.59 Å². The van der Waals surface area contributed by atoms with Crippen molar-refractivity contribution >= 4 is 63.2 Å². The minimum absolute atomic E-state index is 0.352. The number of halogens is 2. The largest absolute Gasteiger partial charge is 0.327 e. The number of aromatic nitrogens is 2. The molecule has 0 aliphatic carbocycles. The fraction of sp³-hybridized carbons (Fsp3) is 0.0556. The number of carbonyl (C=O) groups excluding carboxylic acids is 2. The molecule has 0 atom stereocenters. The average Bonchev–Trinajstić information content (AvgIpc) is 3.08. The number of thioether (sulfide) groups is 1. The Kier molecular flexibility index (Phi) is 4.26. The Labute approximate surface area is 163 Å². The highest BCUT2D eigenvalue weighted by Crippen LogP contribution is 2.31. The van der Waals surface area contributed by atoms with Crippen LogP contribution >= 0.6 is 35.0 Å². The number of aryl methyl sites for hydroxylation is 1. The van der Waals surface area contributed by atoms with Crippen LogP contribution in [-0.4, -0.2) is 20.7 Å². The second kappa shape index (κ2) is 6.46. The molecule has 1 aliphatic rings. The number of nitrogens with zero attached hydrogens (tertiary/aromatic N) is 2. The molecule has 2 heterocycles. The van der Waals surface area contributed by atoms with Crippen molar-refractivity contribution in [1.82, 2.24) is 14.9 Å². The van der Waals surface area contributed by atoms with Crippen molar-refractivity contribution in [1.29, 1.82) is 0 Å². The molecule has 5 nitrogen and oxygen atoms in total. The Morgan fingerprint density at radius 2 is 1.81 bits per heavy atom. The van der Waals surface area contributed by atoms with Crippen molar-refractivity contribution in [2.75, 3.05) is 0 Å². The van der Waals surface area contributed by atoms with Gasteiger partial charge in [0.05, 0.1) is 26.0 Å². The lowest BCUT2D eigenvalue weighted by Gasteiger charge is -2.04. The van der Waals surface area contributed by atoms with Crippen molar-refractivity contribution in [2.45, 2.75) is 0 Å². The molecule has 0 spiro atoms. The third kappa shape index (κ3) is 3.00. The predicted octanol–water partition coefficient (Wildman–Crippen LogP) is 4.87. The summed E-state index contributed by atoms with van der Waals surface area (Å²) in [6, 6.07) is 11.1. The number of fused-ring (bicyclic) bond motifs is 1. The Bertz CT molecular complexity index is 1100. The maximum atomic E-state index is 11.6. The summed E-state index contributed by atoms with van der Waals surface area (Å²) >= 11 is 13.1. The molecule has 1 N–H and O–H groups in total. The molecule has 3 aromatic rings. The number of hydrogen-bond donors (Lipinski definition) is 1. The minimum atomic E-state index is -0.367. The van der Waals surface area contributed by atoms with Gasteiger partial charge in [-0.05, 0) is 35.5 Å². The molecule has 0 bridgehead atoms. The van der Waals surface area contributed by atoms with E-state index < -0.39 is 0 Å². The molecule has 4 rings (SSSR count). The molecule has 0 unspecified atom stereocenters. The summed E-state index contributed by atoms with van der Waals surface area (Å²) in [6.07, 6.45) is 1.68. The number of imidazole rings is 1. The van der Waals surface area contributed by atoms with Gasteiger partial charge in [0.2, 0.25) is 0 Å². The minimum Gasteiger partial charge on any atom is -0.327 e. The molecule has 1 fully saturated rings. The molecule has 1 aliphatic heterocycles. The van der Waals surface area contributed by atoms with Gasteiger partial charge in [0, 0.05) is 12.6 Å². The normalized spacial score (nSPS) is 15.9. The van der Waals surface area contributed by atoms with Crippen molar-refractivity contribution in [2.24, 2.45) is 7.05 Å². The van der Waals surface area contributed by atoms with Gasteiger partial charge in [-0.3, -0.25) is 14.9 Å². The van der Waals surface area contributed by atoms with Crippen LogP contribution in [0.5, 0.6) is 0 Å². The van der Waals surface area contributed by atoms with Crippen LogP contribution in [0, 0.1) is 0 Å². The first kappa shape index (κ1) is 17.1. The number of benzene rings is 2. The number of carbonyl (C=O) groups is 2. The zero-order chi connectivity index (χ0) is 18.4. The van der Waals surface area contributed by atoms with Crippen molar-refractivity contribution in [3.05, 3.63) is 56.9 Å². The van der Waals surface area contributed by atoms with E-state index in [2.05, 4.69) is 10.3 Å². The fourth-order valence-corrected chi connectivity index (χ4v) is 3.74. The highest BCUT2D eigenvalue weighted by atomic mass is 35.5. The van der Waals surface area contributed by atoms with E-state index >= 15 is 0 Å². The van der Waals surface area contributed by atoms with Crippen molar-refractivity contribution in [3.8, 4) is 11.4 Å². The molecule has 8 heteroatoms. The van der Waals surface area contributed by atoms with Gasteiger partial charge in [-0.2, -0.15) is 0 Å². The Morgan fingerprint density at radius 3 is 2.46 bits per heavy atom. The van der Waals surface area contributed by atoms with Gasteiger partial charge in [0.1, 0.15) is 5.82 Å². The van der Waals surface area contributed by atoms with Crippen LogP contribution in [0.2, 0.25) is 10.0 Å². The second-order valence-corrected chi connectivity index (χ2v) is 7.55. The summed E-state index contributed by atoms with van der Waals surface area (Å²) in [5.74, 6) is 0.411. The smallest absolute Gasteiger partial charge is 0.290 e. The maximum Gasteiger partial charge on any atom is 0.290 e. The molecule has 1 saturated heterocycles. The van der Waals surface area contributed by atoms with E-state index in [0.717, 1.165) is 39.7 Å². The van der Waals surface area contributed by atoms with E-state index in [1.807, 2.05) is 35.9 Å². The van der Waals surface area contributed by atoms with Gasteiger partial charge in [-0.1, -0.05) is 47.5 Å².